The molecule has 27 heteroatoms. The second-order valence-corrected chi connectivity index (χ2v) is 18.5. The Bertz CT molecular complexity index is 2580. The lowest BCUT2D eigenvalue weighted by Crippen LogP contribution is -2.61. The molecule has 1 unspecified atom stereocenters. The van der Waals surface area contributed by atoms with Crippen LogP contribution in [0.5, 0.6) is 17.2 Å². The van der Waals surface area contributed by atoms with E-state index in [4.69, 9.17) is 39.1 Å². The van der Waals surface area contributed by atoms with Gasteiger partial charge in [-0.25, -0.2) is 20.4 Å². The Labute approximate surface area is 443 Å². The molecule has 2 aromatic carbocycles. The zero-order chi connectivity index (χ0) is 55.9. The number of aryl methyl sites for hydroxylation is 1. The summed E-state index contributed by atoms with van der Waals surface area (Å²) in [5, 5.41) is 61.2. The Kier molecular flexibility index (Phi) is 21.5. The summed E-state index contributed by atoms with van der Waals surface area (Å²) in [4.78, 5) is 88.6. The minimum Gasteiger partial charge on any atom is -0.493 e. The second kappa shape index (κ2) is 27.9. The van der Waals surface area contributed by atoms with Gasteiger partial charge in [-0.05, 0) is 69.7 Å². The number of hydrogen-bond donors (Lipinski definition) is 9. The van der Waals surface area contributed by atoms with E-state index in [0.717, 1.165) is 17.9 Å². The van der Waals surface area contributed by atoms with Crippen molar-refractivity contribution in [2.24, 2.45) is 12.9 Å². The molecule has 27 nitrogen and oxygen atoms in total. The Balaban J connectivity index is 1.17. The highest BCUT2D eigenvalue weighted by atomic mass is 16.7. The predicted molar refractivity (Wildman–Crippen MR) is 270 cm³/mol. The molecule has 10 N–H and O–H groups in total. The number of carboxylic acids is 1. The van der Waals surface area contributed by atoms with E-state index in [9.17, 15) is 54.3 Å². The summed E-state index contributed by atoms with van der Waals surface area (Å²) in [6.07, 6.45) is -9.95. The van der Waals surface area contributed by atoms with Gasteiger partial charge in [-0.1, -0.05) is 18.2 Å². The Morgan fingerprint density at radius 3 is 2.31 bits per heavy atom. The van der Waals surface area contributed by atoms with Crippen molar-refractivity contribution in [3.63, 3.8) is 0 Å². The van der Waals surface area contributed by atoms with E-state index in [1.165, 1.54) is 42.3 Å². The number of hydrogen-bond acceptors (Lipinski definition) is 20. The lowest BCUT2D eigenvalue weighted by molar-refractivity contribution is -0.271. The summed E-state index contributed by atoms with van der Waals surface area (Å²) >= 11 is 0. The molecule has 0 bridgehead atoms. The number of aliphatic carboxylic acids is 1. The lowest BCUT2D eigenvalue weighted by Gasteiger charge is -2.38. The van der Waals surface area contributed by atoms with Crippen molar-refractivity contribution in [1.29, 1.82) is 0 Å². The van der Waals surface area contributed by atoms with Crippen molar-refractivity contribution in [3.05, 3.63) is 77.1 Å². The summed E-state index contributed by atoms with van der Waals surface area (Å²) in [5.74, 6) is 1.27. The van der Waals surface area contributed by atoms with E-state index >= 15 is 0 Å². The van der Waals surface area contributed by atoms with Crippen LogP contribution in [0.25, 0.3) is 0 Å². The van der Waals surface area contributed by atoms with E-state index in [1.54, 1.807) is 23.9 Å². The van der Waals surface area contributed by atoms with Crippen molar-refractivity contribution in [2.75, 3.05) is 97.2 Å². The third-order valence-corrected chi connectivity index (χ3v) is 12.5. The smallest absolute Gasteiger partial charge is 0.416 e. The van der Waals surface area contributed by atoms with Crippen LogP contribution in [0.3, 0.4) is 0 Å². The van der Waals surface area contributed by atoms with Gasteiger partial charge in [0, 0.05) is 45.4 Å². The van der Waals surface area contributed by atoms with Gasteiger partial charge in [0.25, 0.3) is 17.7 Å². The van der Waals surface area contributed by atoms with E-state index in [0.29, 0.717) is 23.5 Å². The molecule has 5 amide bonds. The first-order valence-electron chi connectivity index (χ1n) is 24.7. The van der Waals surface area contributed by atoms with E-state index in [2.05, 4.69) is 27.4 Å². The third kappa shape index (κ3) is 15.4. The summed E-state index contributed by atoms with van der Waals surface area (Å²) < 4.78 is 40.9. The van der Waals surface area contributed by atoms with E-state index in [1.807, 2.05) is 19.0 Å². The van der Waals surface area contributed by atoms with Gasteiger partial charge >= 0.3 is 12.1 Å². The molecule has 0 radical (unpaired) electrons. The number of carboxylic acid groups (broad SMARTS) is 1. The maximum absolute atomic E-state index is 14.4. The van der Waals surface area contributed by atoms with Crippen LogP contribution in [0.15, 0.2) is 54.7 Å². The first-order valence-corrected chi connectivity index (χ1v) is 24.7. The van der Waals surface area contributed by atoms with Crippen LogP contribution in [0.4, 0.5) is 16.2 Å². The minimum atomic E-state index is -2.02. The molecule has 3 aliphatic heterocycles. The van der Waals surface area contributed by atoms with Crippen molar-refractivity contribution in [3.8, 4) is 17.2 Å². The molecular formula is C50H68N8O19. The molecule has 1 aromatic heterocycles. The fourth-order valence-electron chi connectivity index (χ4n) is 8.57. The number of nitrogens with zero attached hydrogens (tertiary/aromatic N) is 4. The van der Waals surface area contributed by atoms with Gasteiger partial charge in [-0.2, -0.15) is 0 Å². The molecule has 2 saturated heterocycles. The van der Waals surface area contributed by atoms with E-state index in [-0.39, 0.29) is 123 Å². The van der Waals surface area contributed by atoms with Crippen molar-refractivity contribution in [1.82, 2.24) is 25.0 Å². The van der Waals surface area contributed by atoms with Crippen LogP contribution in [0.2, 0.25) is 0 Å². The van der Waals surface area contributed by atoms with Gasteiger partial charge in [0.05, 0.1) is 75.3 Å². The molecular weight excluding hydrogens is 1020 g/mol. The molecule has 2 fully saturated rings. The molecule has 3 aliphatic rings. The molecule has 0 aliphatic carbocycles. The van der Waals surface area contributed by atoms with E-state index < -0.39 is 73.5 Å². The third-order valence-electron chi connectivity index (χ3n) is 12.5. The summed E-state index contributed by atoms with van der Waals surface area (Å²) in [6.45, 7) is 5.62. The fourth-order valence-corrected chi connectivity index (χ4v) is 8.57. The van der Waals surface area contributed by atoms with Gasteiger partial charge in [-0.15, -0.1) is 0 Å². The topological polar surface area (TPSA) is 354 Å². The number of anilines is 2. The quantitative estimate of drug-likeness (QED) is 0.0268. The monoisotopic (exact) mass is 1080 g/mol. The Morgan fingerprint density at radius 2 is 1.60 bits per heavy atom. The number of ether oxygens (including phenoxy) is 7. The molecule has 7 atom stereocenters. The van der Waals surface area contributed by atoms with Crippen LogP contribution in [-0.2, 0) is 47.0 Å². The molecule has 6 rings (SSSR count). The van der Waals surface area contributed by atoms with Gasteiger partial charge in [0.1, 0.15) is 36.4 Å². The maximum Gasteiger partial charge on any atom is 0.416 e. The van der Waals surface area contributed by atoms with Crippen LogP contribution in [0, 0.1) is 0 Å². The maximum atomic E-state index is 14.4. The number of nitrogens with one attached hydrogen (secondary N) is 3. The van der Waals surface area contributed by atoms with Crippen molar-refractivity contribution >= 4 is 47.1 Å². The number of carbonyl (C=O) groups excluding carboxylic acids is 5. The number of methoxy groups -OCH3 is 1. The number of benzene rings is 2. The van der Waals surface area contributed by atoms with Crippen LogP contribution in [-0.4, -0.2) is 206 Å². The number of carbonyl (C=O) groups is 6. The first kappa shape index (κ1) is 59.3. The number of fused-ring (bicyclic) bond motifs is 2. The number of amides is 5. The highest BCUT2D eigenvalue weighted by molar-refractivity contribution is 6.06. The normalized spacial score (nSPS) is 21.0. The lowest BCUT2D eigenvalue weighted by atomic mass is 9.99. The number of aliphatic hydroxyl groups excluding tert-OH is 4. The second-order valence-electron chi connectivity index (χ2n) is 18.5. The number of aromatic nitrogens is 1. The molecule has 422 valence electrons. The Morgan fingerprint density at radius 1 is 0.870 bits per heavy atom. The number of aliphatic hydroxyl groups is 4. The van der Waals surface area contributed by atoms with Crippen LogP contribution < -0.4 is 41.0 Å². The van der Waals surface area contributed by atoms with Crippen LogP contribution >= 0.6 is 0 Å². The molecule has 0 spiro atoms. The average Bonchev–Trinajstić information content (AvgIpc) is 4.02. The van der Waals surface area contributed by atoms with Gasteiger partial charge in [-0.3, -0.25) is 19.2 Å². The first-order chi connectivity index (χ1) is 36.8. The molecule has 77 heavy (non-hydrogen) atoms. The van der Waals surface area contributed by atoms with Gasteiger partial charge < -0.3 is 93.8 Å². The molecule has 3 aromatic rings. The summed E-state index contributed by atoms with van der Waals surface area (Å²) in [7, 11) is 6.94. The standard InChI is InChI=1S/C50H68N8O19/c1-28-20-35-47(66)58(33-24-38(37(70-5)23-31(33)46(65)57(35)25-28)73-14-6-8-39(59)54-30-22-34(56(4)26-30)45(64)52-11-7-13-55(2)3)50(69)74-27-29-9-10-36(76-49-42(62)40(60)41(61)43(77-49)48(67)68)32(21-29)44(63)53-12-15-71-16-17-72-18-19-75-51/h9-10,21-24,26,35,40-43,47,49,60-62,66H,1,6-8,11-20,25,27,51H2,2-5H3,(H,52,64)(H,53,63)(H,54,59)(H,67,68)/t35-,40-,41-,42+,43-,47?,49+/m0/s1. The SMILES string of the molecule is C=C1C[C@H]2C(O)N(C(=O)OCc3ccc(O[C@@H]4O[C@H](C(=O)O)[C@@H](O)[C@H](O)[C@H]4O)c(C(=O)NCCOCCOCCON)c3)c3cc(OCCCC(=O)Nc4cc(C(=O)NCCCN(C)C)n(C)c4)c(OC)cc3C(=O)N2C1. The highest BCUT2D eigenvalue weighted by Crippen LogP contribution is 2.42. The number of rotatable bonds is 27. The van der Waals surface area contributed by atoms with Crippen LogP contribution in [0.1, 0.15) is 62.5 Å². The van der Waals surface area contributed by atoms with Gasteiger partial charge in [0.15, 0.2) is 23.8 Å². The number of nitrogens with two attached hydrogens (primary N) is 1. The van der Waals surface area contributed by atoms with Gasteiger partial charge in [0.2, 0.25) is 12.2 Å². The zero-order valence-electron chi connectivity index (χ0n) is 43.2. The molecule has 4 heterocycles. The van der Waals surface area contributed by atoms with Crippen molar-refractivity contribution < 1.29 is 92.3 Å². The predicted octanol–water partition coefficient (Wildman–Crippen LogP) is -0.317. The zero-order valence-corrected chi connectivity index (χ0v) is 43.2. The molecule has 0 saturated carbocycles. The fraction of sp³-hybridized carbons (Fsp3) is 0.520. The average molecular weight is 1090 g/mol. The Hall–Kier alpha value is -6.92. The summed E-state index contributed by atoms with van der Waals surface area (Å²) in [5.41, 5.74) is 1.23. The largest absolute Gasteiger partial charge is 0.493 e. The van der Waals surface area contributed by atoms with Crippen molar-refractivity contribution in [2.45, 2.75) is 75.3 Å². The highest BCUT2D eigenvalue weighted by Gasteiger charge is 2.49. The summed E-state index contributed by atoms with van der Waals surface area (Å²) in [6, 6.07) is 7.22. The minimum absolute atomic E-state index is 0.00687.